The molecule has 0 aliphatic rings. The number of nitrogens with zero attached hydrogens (tertiary/aromatic N) is 1. The van der Waals surface area contributed by atoms with E-state index in [0.29, 0.717) is 6.42 Å². The van der Waals surface area contributed by atoms with Crippen molar-refractivity contribution >= 4 is 0 Å². The Morgan fingerprint density at radius 1 is 1.00 bits per heavy atom. The van der Waals surface area contributed by atoms with Crippen molar-refractivity contribution in [3.63, 3.8) is 0 Å². The van der Waals surface area contributed by atoms with Gasteiger partial charge in [0.1, 0.15) is 0 Å². The fourth-order valence-corrected chi connectivity index (χ4v) is 0.848. The van der Waals surface area contributed by atoms with Crippen LogP contribution in [0.4, 0.5) is 0 Å². The maximum atomic E-state index is 8.26. The van der Waals surface area contributed by atoms with Crippen LogP contribution in [0.2, 0.25) is 0 Å². The SMILES string of the molecule is C/C=C/C/C=C/C/C=C/CCC#N. The minimum atomic E-state index is 0.624. The molecule has 13 heavy (non-hydrogen) atoms. The summed E-state index contributed by atoms with van der Waals surface area (Å²) in [6, 6.07) is 2.11. The molecule has 0 rings (SSSR count). The molecule has 0 unspecified atom stereocenters. The molecule has 0 amide bonds. The fourth-order valence-electron chi connectivity index (χ4n) is 0.848. The third kappa shape index (κ3) is 10.7. The topological polar surface area (TPSA) is 23.8 Å². The average Bonchev–Trinajstić information content (AvgIpc) is 2.16. The highest BCUT2D eigenvalue weighted by Gasteiger charge is 1.76. The summed E-state index contributed by atoms with van der Waals surface area (Å²) in [4.78, 5) is 0. The van der Waals surface area contributed by atoms with Crippen LogP contribution in [-0.4, -0.2) is 0 Å². The molecule has 1 nitrogen and oxygen atoms in total. The van der Waals surface area contributed by atoms with Crippen LogP contribution in [0.3, 0.4) is 0 Å². The van der Waals surface area contributed by atoms with Gasteiger partial charge >= 0.3 is 0 Å². The average molecular weight is 175 g/mol. The molecule has 0 heterocycles. The molecule has 0 aliphatic carbocycles. The molecule has 0 saturated carbocycles. The lowest BCUT2D eigenvalue weighted by molar-refractivity contribution is 1.05. The Morgan fingerprint density at radius 3 is 2.23 bits per heavy atom. The molecule has 0 fully saturated rings. The van der Waals surface area contributed by atoms with E-state index in [2.05, 4.69) is 36.4 Å². The molecule has 0 aromatic carbocycles. The van der Waals surface area contributed by atoms with Crippen LogP contribution in [-0.2, 0) is 0 Å². The number of rotatable bonds is 6. The lowest BCUT2D eigenvalue weighted by Gasteiger charge is -1.83. The normalized spacial score (nSPS) is 11.7. The van der Waals surface area contributed by atoms with Gasteiger partial charge in [0, 0.05) is 6.42 Å². The van der Waals surface area contributed by atoms with Gasteiger partial charge in [0.15, 0.2) is 0 Å². The van der Waals surface area contributed by atoms with Gasteiger partial charge < -0.3 is 0 Å². The summed E-state index contributed by atoms with van der Waals surface area (Å²) in [6.45, 7) is 2.02. The van der Waals surface area contributed by atoms with Crippen molar-refractivity contribution in [2.45, 2.75) is 32.6 Å². The predicted molar refractivity (Wildman–Crippen MR) is 57.2 cm³/mol. The van der Waals surface area contributed by atoms with Crippen LogP contribution in [0, 0.1) is 11.3 Å². The summed E-state index contributed by atoms with van der Waals surface area (Å²) >= 11 is 0. The Hall–Kier alpha value is -1.29. The lowest BCUT2D eigenvalue weighted by atomic mass is 10.2. The van der Waals surface area contributed by atoms with Crippen LogP contribution >= 0.6 is 0 Å². The van der Waals surface area contributed by atoms with E-state index in [1.807, 2.05) is 13.0 Å². The van der Waals surface area contributed by atoms with Crippen molar-refractivity contribution in [2.75, 3.05) is 0 Å². The zero-order valence-electron chi connectivity index (χ0n) is 8.24. The van der Waals surface area contributed by atoms with Crippen LogP contribution in [0.15, 0.2) is 36.5 Å². The quantitative estimate of drug-likeness (QED) is 0.445. The summed E-state index contributed by atoms with van der Waals surface area (Å²) in [5, 5.41) is 8.26. The van der Waals surface area contributed by atoms with Gasteiger partial charge in [-0.1, -0.05) is 36.5 Å². The van der Waals surface area contributed by atoms with Crippen LogP contribution in [0.1, 0.15) is 32.6 Å². The van der Waals surface area contributed by atoms with Gasteiger partial charge in [-0.3, -0.25) is 0 Å². The van der Waals surface area contributed by atoms with E-state index < -0.39 is 0 Å². The van der Waals surface area contributed by atoms with Crippen molar-refractivity contribution in [2.24, 2.45) is 0 Å². The standard InChI is InChI=1S/C12H17N/c1-2-3-4-5-6-7-8-9-10-11-12-13/h2-3,5-6,8-9H,4,7,10-11H2,1H3/b3-2+,6-5+,9-8+. The molecule has 0 aliphatic heterocycles. The van der Waals surface area contributed by atoms with Crippen molar-refractivity contribution in [1.29, 1.82) is 5.26 Å². The molecule has 0 radical (unpaired) electrons. The second-order valence-corrected chi connectivity index (χ2v) is 2.68. The highest BCUT2D eigenvalue weighted by molar-refractivity contribution is 4.96. The van der Waals surface area contributed by atoms with Gasteiger partial charge in [-0.25, -0.2) is 0 Å². The third-order valence-electron chi connectivity index (χ3n) is 1.54. The molecule has 0 aromatic heterocycles. The second kappa shape index (κ2) is 10.7. The molecule has 0 aromatic rings. The number of nitriles is 1. The molecular formula is C12H17N. The summed E-state index contributed by atoms with van der Waals surface area (Å²) in [7, 11) is 0. The molecule has 1 heteroatoms. The first-order chi connectivity index (χ1) is 6.41. The minimum absolute atomic E-state index is 0.624. The zero-order valence-corrected chi connectivity index (χ0v) is 8.24. The van der Waals surface area contributed by atoms with Gasteiger partial charge in [0.05, 0.1) is 6.07 Å². The first-order valence-electron chi connectivity index (χ1n) is 4.70. The maximum absolute atomic E-state index is 8.26. The molecule has 0 atom stereocenters. The van der Waals surface area contributed by atoms with E-state index in [4.69, 9.17) is 5.26 Å². The first kappa shape index (κ1) is 11.7. The van der Waals surface area contributed by atoms with E-state index >= 15 is 0 Å². The largest absolute Gasteiger partial charge is 0.198 e. The Bertz CT molecular complexity index is 216. The van der Waals surface area contributed by atoms with Gasteiger partial charge in [-0.2, -0.15) is 5.26 Å². The van der Waals surface area contributed by atoms with Crippen LogP contribution in [0.5, 0.6) is 0 Å². The van der Waals surface area contributed by atoms with E-state index in [9.17, 15) is 0 Å². The highest BCUT2D eigenvalue weighted by atomic mass is 14.2. The Balaban J connectivity index is 3.28. The third-order valence-corrected chi connectivity index (χ3v) is 1.54. The second-order valence-electron chi connectivity index (χ2n) is 2.68. The van der Waals surface area contributed by atoms with E-state index in [1.165, 1.54) is 0 Å². The Kier molecular flexibility index (Phi) is 9.65. The summed E-state index contributed by atoms with van der Waals surface area (Å²) in [6.07, 6.45) is 16.1. The van der Waals surface area contributed by atoms with E-state index in [-0.39, 0.29) is 0 Å². The summed E-state index contributed by atoms with van der Waals surface area (Å²) in [5.41, 5.74) is 0. The number of hydrogen-bond donors (Lipinski definition) is 0. The van der Waals surface area contributed by atoms with E-state index in [1.54, 1.807) is 0 Å². The predicted octanol–water partition coefficient (Wildman–Crippen LogP) is 3.76. The molecule has 70 valence electrons. The number of allylic oxidation sites excluding steroid dienone is 6. The number of hydrogen-bond acceptors (Lipinski definition) is 1. The lowest BCUT2D eigenvalue weighted by Crippen LogP contribution is -1.64. The molecule has 0 spiro atoms. The van der Waals surface area contributed by atoms with Crippen molar-refractivity contribution < 1.29 is 0 Å². The Morgan fingerprint density at radius 2 is 1.62 bits per heavy atom. The van der Waals surface area contributed by atoms with Crippen LogP contribution < -0.4 is 0 Å². The zero-order chi connectivity index (χ0) is 9.78. The van der Waals surface area contributed by atoms with Crippen molar-refractivity contribution in [1.82, 2.24) is 0 Å². The first-order valence-corrected chi connectivity index (χ1v) is 4.70. The van der Waals surface area contributed by atoms with Crippen molar-refractivity contribution in [3.8, 4) is 6.07 Å². The fraction of sp³-hybridized carbons (Fsp3) is 0.417. The number of unbranched alkanes of at least 4 members (excludes halogenated alkanes) is 1. The monoisotopic (exact) mass is 175 g/mol. The summed E-state index contributed by atoms with van der Waals surface area (Å²) < 4.78 is 0. The van der Waals surface area contributed by atoms with E-state index in [0.717, 1.165) is 19.3 Å². The molecule has 0 saturated heterocycles. The maximum Gasteiger partial charge on any atom is 0.0624 e. The van der Waals surface area contributed by atoms with Gasteiger partial charge in [0.2, 0.25) is 0 Å². The minimum Gasteiger partial charge on any atom is -0.198 e. The van der Waals surface area contributed by atoms with Gasteiger partial charge in [-0.05, 0) is 26.2 Å². The molecule has 0 bridgehead atoms. The Labute approximate surface area is 81.1 Å². The smallest absolute Gasteiger partial charge is 0.0624 e. The van der Waals surface area contributed by atoms with Gasteiger partial charge in [-0.15, -0.1) is 0 Å². The van der Waals surface area contributed by atoms with Crippen molar-refractivity contribution in [3.05, 3.63) is 36.5 Å². The van der Waals surface area contributed by atoms with Gasteiger partial charge in [0.25, 0.3) is 0 Å². The summed E-state index contributed by atoms with van der Waals surface area (Å²) in [5.74, 6) is 0. The van der Waals surface area contributed by atoms with Crippen LogP contribution in [0.25, 0.3) is 0 Å². The molecular weight excluding hydrogens is 158 g/mol. The molecule has 0 N–H and O–H groups in total. The highest BCUT2D eigenvalue weighted by Crippen LogP contribution is 1.94.